The van der Waals surface area contributed by atoms with Gasteiger partial charge in [-0.25, -0.2) is 9.98 Å². The van der Waals surface area contributed by atoms with Crippen molar-refractivity contribution in [1.29, 1.82) is 0 Å². The summed E-state index contributed by atoms with van der Waals surface area (Å²) in [4.78, 5) is 8.21. The molecule has 1 aromatic carbocycles. The van der Waals surface area contributed by atoms with Crippen molar-refractivity contribution in [2.75, 3.05) is 13.1 Å². The van der Waals surface area contributed by atoms with Gasteiger partial charge in [-0.2, -0.15) is 22.0 Å². The average Bonchev–Trinajstić information content (AvgIpc) is 3.13. The highest BCUT2D eigenvalue weighted by Gasteiger charge is 2.40. The van der Waals surface area contributed by atoms with Crippen LogP contribution in [0.2, 0.25) is 0 Å². The standard InChI is InChI=1S/C20H24F5N5/c1-2-26-18(28-12-16-27-9-10-30(16)17(21)22)29-13-19(7-4-8-19)14-5-3-6-15(11-14)20(23,24)25/h3,5-6,9-11,17H,2,4,7-8,12-13H2,1H3,(H2,26,28,29). The van der Waals surface area contributed by atoms with Crippen LogP contribution in [0.1, 0.15) is 49.7 Å². The van der Waals surface area contributed by atoms with Gasteiger partial charge in [-0.3, -0.25) is 4.57 Å². The molecule has 0 saturated heterocycles. The Hall–Kier alpha value is -2.65. The third kappa shape index (κ3) is 4.91. The number of aromatic nitrogens is 2. The van der Waals surface area contributed by atoms with E-state index in [2.05, 4.69) is 20.6 Å². The fraction of sp³-hybridized carbons (Fsp3) is 0.500. The normalized spacial score (nSPS) is 16.4. The Morgan fingerprint density at radius 1 is 1.27 bits per heavy atom. The van der Waals surface area contributed by atoms with E-state index < -0.39 is 23.7 Å². The molecule has 5 nitrogen and oxygen atoms in total. The zero-order chi connectivity index (χ0) is 21.8. The van der Waals surface area contributed by atoms with Gasteiger partial charge in [-0.1, -0.05) is 24.6 Å². The average molecular weight is 429 g/mol. The number of guanidine groups is 1. The van der Waals surface area contributed by atoms with Gasteiger partial charge < -0.3 is 10.6 Å². The molecule has 0 aliphatic heterocycles. The highest BCUT2D eigenvalue weighted by atomic mass is 19.4. The minimum absolute atomic E-state index is 0.0523. The molecule has 0 unspecified atom stereocenters. The molecule has 10 heteroatoms. The third-order valence-electron chi connectivity index (χ3n) is 5.39. The third-order valence-corrected chi connectivity index (χ3v) is 5.39. The maximum Gasteiger partial charge on any atom is 0.416 e. The lowest BCUT2D eigenvalue weighted by molar-refractivity contribution is -0.137. The van der Waals surface area contributed by atoms with E-state index in [9.17, 15) is 22.0 Å². The number of alkyl halides is 5. The van der Waals surface area contributed by atoms with E-state index in [1.165, 1.54) is 24.5 Å². The Labute approximate surface area is 171 Å². The van der Waals surface area contributed by atoms with Gasteiger partial charge in [0.2, 0.25) is 0 Å². The Balaban J connectivity index is 1.73. The number of halogens is 5. The number of rotatable bonds is 7. The fourth-order valence-electron chi connectivity index (χ4n) is 3.58. The van der Waals surface area contributed by atoms with Gasteiger partial charge in [0.25, 0.3) is 0 Å². The summed E-state index contributed by atoms with van der Waals surface area (Å²) < 4.78 is 66.0. The molecule has 1 aliphatic rings. The summed E-state index contributed by atoms with van der Waals surface area (Å²) in [6.07, 6.45) is 0.531. The molecular formula is C20H24F5N5. The highest BCUT2D eigenvalue weighted by Crippen LogP contribution is 2.44. The van der Waals surface area contributed by atoms with Crippen molar-refractivity contribution < 1.29 is 22.0 Å². The van der Waals surface area contributed by atoms with Crippen LogP contribution in [0.4, 0.5) is 22.0 Å². The molecule has 0 radical (unpaired) electrons. The predicted octanol–water partition coefficient (Wildman–Crippen LogP) is 4.47. The number of imidazole rings is 1. The Morgan fingerprint density at radius 2 is 2.03 bits per heavy atom. The molecule has 0 atom stereocenters. The first-order chi connectivity index (χ1) is 14.2. The lowest BCUT2D eigenvalue weighted by Gasteiger charge is -2.43. The van der Waals surface area contributed by atoms with Crippen LogP contribution >= 0.6 is 0 Å². The van der Waals surface area contributed by atoms with Crippen molar-refractivity contribution in [3.63, 3.8) is 0 Å². The fourth-order valence-corrected chi connectivity index (χ4v) is 3.58. The van der Waals surface area contributed by atoms with Crippen LogP contribution in [0.3, 0.4) is 0 Å². The van der Waals surface area contributed by atoms with Crippen LogP contribution in [-0.2, 0) is 18.1 Å². The molecule has 0 bridgehead atoms. The first-order valence-corrected chi connectivity index (χ1v) is 9.75. The zero-order valence-electron chi connectivity index (χ0n) is 16.5. The predicted molar refractivity (Wildman–Crippen MR) is 103 cm³/mol. The number of nitrogens with zero attached hydrogens (tertiary/aromatic N) is 3. The molecule has 1 aliphatic carbocycles. The molecule has 1 heterocycles. The Morgan fingerprint density at radius 3 is 2.63 bits per heavy atom. The van der Waals surface area contributed by atoms with Crippen LogP contribution in [0, 0.1) is 0 Å². The van der Waals surface area contributed by atoms with Gasteiger partial charge in [-0.15, -0.1) is 0 Å². The van der Waals surface area contributed by atoms with Crippen LogP contribution < -0.4 is 10.6 Å². The molecule has 1 aromatic heterocycles. The smallest absolute Gasteiger partial charge is 0.357 e. The number of hydrogen-bond acceptors (Lipinski definition) is 2. The molecule has 2 aromatic rings. The van der Waals surface area contributed by atoms with E-state index in [4.69, 9.17) is 0 Å². The molecule has 164 valence electrons. The molecule has 30 heavy (non-hydrogen) atoms. The van der Waals surface area contributed by atoms with Crippen molar-refractivity contribution in [3.05, 3.63) is 53.6 Å². The second-order valence-corrected chi connectivity index (χ2v) is 7.29. The molecule has 3 rings (SSSR count). The zero-order valence-corrected chi connectivity index (χ0v) is 16.5. The molecular weight excluding hydrogens is 405 g/mol. The SMILES string of the molecule is CCNC(=NCc1nccn1C(F)F)NCC1(c2cccc(C(F)(F)F)c2)CCC1. The van der Waals surface area contributed by atoms with Gasteiger partial charge in [0.15, 0.2) is 5.96 Å². The maximum atomic E-state index is 13.1. The van der Waals surface area contributed by atoms with Gasteiger partial charge in [0.1, 0.15) is 12.4 Å². The molecule has 0 amide bonds. The molecule has 1 saturated carbocycles. The van der Waals surface area contributed by atoms with Crippen LogP contribution in [0.5, 0.6) is 0 Å². The minimum atomic E-state index is -4.39. The summed E-state index contributed by atoms with van der Waals surface area (Å²) in [6.45, 7) is 0.0501. The topological polar surface area (TPSA) is 54.2 Å². The van der Waals surface area contributed by atoms with Crippen molar-refractivity contribution in [1.82, 2.24) is 20.2 Å². The lowest BCUT2D eigenvalue weighted by Crippen LogP contribution is -2.49. The molecule has 1 fully saturated rings. The van der Waals surface area contributed by atoms with Crippen molar-refractivity contribution >= 4 is 5.96 Å². The van der Waals surface area contributed by atoms with Crippen molar-refractivity contribution in [3.8, 4) is 0 Å². The summed E-state index contributed by atoms with van der Waals surface area (Å²) in [5.41, 5.74) is -0.440. The van der Waals surface area contributed by atoms with E-state index in [0.717, 1.165) is 29.9 Å². The Kier molecular flexibility index (Phi) is 6.62. The van der Waals surface area contributed by atoms with E-state index in [-0.39, 0.29) is 12.4 Å². The molecule has 0 spiro atoms. The van der Waals surface area contributed by atoms with Crippen molar-refractivity contribution in [2.45, 2.75) is 50.9 Å². The van der Waals surface area contributed by atoms with E-state index in [1.54, 1.807) is 6.07 Å². The largest absolute Gasteiger partial charge is 0.416 e. The molecule has 2 N–H and O–H groups in total. The van der Waals surface area contributed by atoms with E-state index in [0.29, 0.717) is 24.6 Å². The van der Waals surface area contributed by atoms with Crippen molar-refractivity contribution in [2.24, 2.45) is 4.99 Å². The number of aliphatic imine (C=N–C) groups is 1. The maximum absolute atomic E-state index is 13.1. The van der Waals surface area contributed by atoms with E-state index in [1.807, 2.05) is 6.92 Å². The monoisotopic (exact) mass is 429 g/mol. The number of hydrogen-bond donors (Lipinski definition) is 2. The minimum Gasteiger partial charge on any atom is -0.357 e. The second kappa shape index (κ2) is 9.01. The number of nitrogens with one attached hydrogen (secondary N) is 2. The quantitative estimate of drug-likeness (QED) is 0.388. The summed E-state index contributed by atoms with van der Waals surface area (Å²) in [6, 6.07) is 5.44. The van der Waals surface area contributed by atoms with Gasteiger partial charge in [0, 0.05) is 30.9 Å². The first-order valence-electron chi connectivity index (χ1n) is 9.75. The van der Waals surface area contributed by atoms with Gasteiger partial charge >= 0.3 is 12.7 Å². The van der Waals surface area contributed by atoms with Crippen LogP contribution in [0.25, 0.3) is 0 Å². The number of benzene rings is 1. The van der Waals surface area contributed by atoms with Crippen LogP contribution in [0.15, 0.2) is 41.7 Å². The highest BCUT2D eigenvalue weighted by molar-refractivity contribution is 5.79. The first kappa shape index (κ1) is 22.0. The van der Waals surface area contributed by atoms with Crippen LogP contribution in [-0.4, -0.2) is 28.6 Å². The summed E-state index contributed by atoms with van der Waals surface area (Å²) in [5, 5.41) is 6.20. The van der Waals surface area contributed by atoms with Gasteiger partial charge in [0.05, 0.1) is 5.56 Å². The van der Waals surface area contributed by atoms with E-state index >= 15 is 0 Å². The Bertz CT molecular complexity index is 870. The summed E-state index contributed by atoms with van der Waals surface area (Å²) in [7, 11) is 0. The van der Waals surface area contributed by atoms with Gasteiger partial charge in [-0.05, 0) is 31.4 Å². The summed E-state index contributed by atoms with van der Waals surface area (Å²) >= 11 is 0. The summed E-state index contributed by atoms with van der Waals surface area (Å²) in [5.74, 6) is 0.526. The second-order valence-electron chi connectivity index (χ2n) is 7.29. The lowest BCUT2D eigenvalue weighted by atomic mass is 9.64.